The molecule has 0 radical (unpaired) electrons. The van der Waals surface area contributed by atoms with E-state index < -0.39 is 0 Å². The molecule has 0 spiro atoms. The van der Waals surface area contributed by atoms with Crippen molar-refractivity contribution >= 4 is 29.1 Å². The number of hydrogen-bond acceptors (Lipinski definition) is 5. The number of hydrazone groups is 1. The first kappa shape index (κ1) is 17.6. The first-order valence-corrected chi connectivity index (χ1v) is 10.4. The lowest BCUT2D eigenvalue weighted by molar-refractivity contribution is -0.0180. The number of rotatable bonds is 4. The smallest absolute Gasteiger partial charge is 0.188 e. The molecule has 2 aliphatic heterocycles. The van der Waals surface area contributed by atoms with Crippen LogP contribution in [0.15, 0.2) is 41.5 Å². The van der Waals surface area contributed by atoms with E-state index in [0.29, 0.717) is 5.02 Å². The Kier molecular flexibility index (Phi) is 4.76. The SMILES string of the molecule is CSCC[C@H]1Oc2ccc(Cl)cc2[C@@H]2CC(c3cc(C)ccc3O)=NN12. The molecule has 136 valence electrons. The van der Waals surface area contributed by atoms with Crippen molar-refractivity contribution in [3.8, 4) is 11.5 Å². The highest BCUT2D eigenvalue weighted by atomic mass is 35.5. The zero-order chi connectivity index (χ0) is 18.3. The van der Waals surface area contributed by atoms with Crippen molar-refractivity contribution in [1.29, 1.82) is 0 Å². The van der Waals surface area contributed by atoms with Crippen molar-refractivity contribution in [3.63, 3.8) is 0 Å². The maximum absolute atomic E-state index is 10.3. The van der Waals surface area contributed by atoms with E-state index in [1.165, 1.54) is 0 Å². The van der Waals surface area contributed by atoms with Gasteiger partial charge in [0.1, 0.15) is 11.5 Å². The summed E-state index contributed by atoms with van der Waals surface area (Å²) in [6, 6.07) is 11.5. The average Bonchev–Trinajstić information content (AvgIpc) is 3.07. The third-order valence-electron chi connectivity index (χ3n) is 4.86. The van der Waals surface area contributed by atoms with Crippen LogP contribution in [0.3, 0.4) is 0 Å². The molecule has 2 heterocycles. The van der Waals surface area contributed by atoms with Gasteiger partial charge in [0.2, 0.25) is 0 Å². The van der Waals surface area contributed by atoms with Crippen molar-refractivity contribution in [2.45, 2.75) is 32.0 Å². The highest BCUT2D eigenvalue weighted by Crippen LogP contribution is 2.45. The second-order valence-corrected chi connectivity index (χ2v) is 8.13. The van der Waals surface area contributed by atoms with Gasteiger partial charge in [0.05, 0.1) is 11.8 Å². The van der Waals surface area contributed by atoms with Crippen LogP contribution in [-0.2, 0) is 0 Å². The van der Waals surface area contributed by atoms with Gasteiger partial charge in [-0.3, -0.25) is 5.01 Å². The van der Waals surface area contributed by atoms with Crippen LogP contribution in [0.5, 0.6) is 11.5 Å². The molecular weight excluding hydrogens is 368 g/mol. The molecule has 2 atom stereocenters. The Bertz CT molecular complexity index is 871. The Morgan fingerprint density at radius 1 is 1.31 bits per heavy atom. The largest absolute Gasteiger partial charge is 0.507 e. The van der Waals surface area contributed by atoms with Gasteiger partial charge in [0.15, 0.2) is 6.23 Å². The van der Waals surface area contributed by atoms with E-state index in [1.807, 2.05) is 42.3 Å². The number of aromatic hydroxyl groups is 1. The van der Waals surface area contributed by atoms with E-state index in [4.69, 9.17) is 21.4 Å². The van der Waals surface area contributed by atoms with Gasteiger partial charge in [-0.05, 0) is 49.3 Å². The van der Waals surface area contributed by atoms with Crippen LogP contribution >= 0.6 is 23.4 Å². The van der Waals surface area contributed by atoms with Gasteiger partial charge in [0.25, 0.3) is 0 Å². The lowest BCUT2D eigenvalue weighted by Gasteiger charge is -2.38. The molecule has 0 aliphatic carbocycles. The molecule has 2 aromatic rings. The highest BCUT2D eigenvalue weighted by molar-refractivity contribution is 7.98. The molecule has 0 bridgehead atoms. The first-order chi connectivity index (χ1) is 12.6. The molecule has 0 amide bonds. The number of nitrogens with zero attached hydrogens (tertiary/aromatic N) is 2. The van der Waals surface area contributed by atoms with Crippen LogP contribution in [-0.4, -0.2) is 34.1 Å². The van der Waals surface area contributed by atoms with Gasteiger partial charge in [0, 0.05) is 29.0 Å². The maximum atomic E-state index is 10.3. The van der Waals surface area contributed by atoms with Gasteiger partial charge >= 0.3 is 0 Å². The molecule has 4 nitrogen and oxygen atoms in total. The summed E-state index contributed by atoms with van der Waals surface area (Å²) in [6.07, 6.45) is 3.60. The third-order valence-corrected chi connectivity index (χ3v) is 5.74. The van der Waals surface area contributed by atoms with Gasteiger partial charge in [-0.2, -0.15) is 16.9 Å². The first-order valence-electron chi connectivity index (χ1n) is 8.67. The molecule has 26 heavy (non-hydrogen) atoms. The predicted octanol–water partition coefficient (Wildman–Crippen LogP) is 4.98. The minimum absolute atomic E-state index is 0.0826. The number of halogens is 1. The number of phenolic OH excluding ortho intramolecular Hbond substituents is 1. The van der Waals surface area contributed by atoms with Crippen molar-refractivity contribution in [3.05, 3.63) is 58.1 Å². The number of thioether (sulfide) groups is 1. The third kappa shape index (κ3) is 3.14. The van der Waals surface area contributed by atoms with E-state index in [9.17, 15) is 5.11 Å². The summed E-state index contributed by atoms with van der Waals surface area (Å²) in [6.45, 7) is 2.02. The molecule has 0 aromatic heterocycles. The summed E-state index contributed by atoms with van der Waals surface area (Å²) in [5, 5.41) is 17.9. The van der Waals surface area contributed by atoms with Gasteiger partial charge in [-0.15, -0.1) is 0 Å². The molecule has 2 aliphatic rings. The number of fused-ring (bicyclic) bond motifs is 3. The number of hydrogen-bond donors (Lipinski definition) is 1. The normalized spacial score (nSPS) is 21.0. The van der Waals surface area contributed by atoms with Crippen LogP contribution in [0.4, 0.5) is 0 Å². The molecule has 0 unspecified atom stereocenters. The fourth-order valence-electron chi connectivity index (χ4n) is 3.59. The Morgan fingerprint density at radius 2 is 2.15 bits per heavy atom. The van der Waals surface area contributed by atoms with E-state index in [1.54, 1.807) is 17.8 Å². The van der Waals surface area contributed by atoms with E-state index in [0.717, 1.165) is 46.7 Å². The zero-order valence-electron chi connectivity index (χ0n) is 14.8. The van der Waals surface area contributed by atoms with Crippen LogP contribution < -0.4 is 4.74 Å². The average molecular weight is 389 g/mol. The lowest BCUT2D eigenvalue weighted by atomic mass is 9.95. The number of benzene rings is 2. The Balaban J connectivity index is 1.74. The molecule has 1 N–H and O–H groups in total. The van der Waals surface area contributed by atoms with Crippen molar-refractivity contribution in [2.24, 2.45) is 5.10 Å². The van der Waals surface area contributed by atoms with Gasteiger partial charge in [-0.1, -0.05) is 23.2 Å². The van der Waals surface area contributed by atoms with E-state index in [-0.39, 0.29) is 18.0 Å². The number of ether oxygens (including phenoxy) is 1. The Labute approximate surface area is 162 Å². The minimum Gasteiger partial charge on any atom is -0.507 e. The zero-order valence-corrected chi connectivity index (χ0v) is 16.3. The van der Waals surface area contributed by atoms with Crippen molar-refractivity contribution in [1.82, 2.24) is 5.01 Å². The highest BCUT2D eigenvalue weighted by Gasteiger charge is 2.40. The molecule has 0 fully saturated rings. The lowest BCUT2D eigenvalue weighted by Crippen LogP contribution is -2.40. The summed E-state index contributed by atoms with van der Waals surface area (Å²) >= 11 is 8.03. The van der Waals surface area contributed by atoms with E-state index >= 15 is 0 Å². The quantitative estimate of drug-likeness (QED) is 0.802. The number of phenols is 1. The second kappa shape index (κ2) is 7.05. The second-order valence-electron chi connectivity index (χ2n) is 6.70. The van der Waals surface area contributed by atoms with Gasteiger partial charge in [-0.25, -0.2) is 0 Å². The fraction of sp³-hybridized carbons (Fsp3) is 0.350. The fourth-order valence-corrected chi connectivity index (χ4v) is 4.20. The predicted molar refractivity (Wildman–Crippen MR) is 107 cm³/mol. The van der Waals surface area contributed by atoms with Crippen LogP contribution in [0, 0.1) is 6.92 Å². The van der Waals surface area contributed by atoms with Crippen LogP contribution in [0.2, 0.25) is 5.02 Å². The maximum Gasteiger partial charge on any atom is 0.188 e. The molecule has 2 aromatic carbocycles. The summed E-state index contributed by atoms with van der Waals surface area (Å²) in [7, 11) is 0. The molecule has 0 saturated carbocycles. The minimum atomic E-state index is -0.106. The number of aryl methyl sites for hydroxylation is 1. The Hall–Kier alpha value is -1.85. The topological polar surface area (TPSA) is 45.1 Å². The molecule has 4 rings (SSSR count). The standard InChI is InChI=1S/C20H21ClN2O2S/c1-12-3-5-18(24)14(9-12)16-11-17-15-10-13(21)4-6-19(15)25-20(7-8-26-2)23(17)22-16/h3-6,9-10,17,20,24H,7-8,11H2,1-2H3/t17-,20+/m0/s1. The molecule has 6 heteroatoms. The van der Waals surface area contributed by atoms with Gasteiger partial charge < -0.3 is 9.84 Å². The van der Waals surface area contributed by atoms with Crippen molar-refractivity contribution in [2.75, 3.05) is 12.0 Å². The summed E-state index contributed by atoms with van der Waals surface area (Å²) in [5.41, 5.74) is 3.85. The summed E-state index contributed by atoms with van der Waals surface area (Å²) in [5.74, 6) is 2.14. The molecule has 0 saturated heterocycles. The van der Waals surface area contributed by atoms with Crippen molar-refractivity contribution < 1.29 is 9.84 Å². The monoisotopic (exact) mass is 388 g/mol. The molecular formula is C20H21ClN2O2S. The van der Waals surface area contributed by atoms with Crippen LogP contribution in [0.25, 0.3) is 0 Å². The summed E-state index contributed by atoms with van der Waals surface area (Å²) in [4.78, 5) is 0. The summed E-state index contributed by atoms with van der Waals surface area (Å²) < 4.78 is 6.23. The van der Waals surface area contributed by atoms with E-state index in [2.05, 4.69) is 6.26 Å². The Morgan fingerprint density at radius 3 is 2.96 bits per heavy atom. The van der Waals surface area contributed by atoms with Crippen LogP contribution in [0.1, 0.15) is 35.6 Å².